The normalized spacial score (nSPS) is 22.6. The molecular weight excluding hydrogens is 218 g/mol. The van der Waals surface area contributed by atoms with Crippen molar-refractivity contribution in [3.8, 4) is 0 Å². The highest BCUT2D eigenvalue weighted by molar-refractivity contribution is 5.73. The van der Waals surface area contributed by atoms with Crippen LogP contribution in [0.2, 0.25) is 0 Å². The van der Waals surface area contributed by atoms with E-state index in [2.05, 4.69) is 15.3 Å². The van der Waals surface area contributed by atoms with Crippen LogP contribution in [0.4, 0.5) is 5.82 Å². The van der Waals surface area contributed by atoms with Crippen LogP contribution in [0.25, 0.3) is 0 Å². The van der Waals surface area contributed by atoms with Crippen LogP contribution in [0.1, 0.15) is 19.0 Å². The third-order valence-corrected chi connectivity index (χ3v) is 2.82. The molecule has 1 aromatic rings. The van der Waals surface area contributed by atoms with Gasteiger partial charge < -0.3 is 10.4 Å². The van der Waals surface area contributed by atoms with Crippen molar-refractivity contribution in [1.29, 1.82) is 0 Å². The Morgan fingerprint density at radius 3 is 3.00 bits per heavy atom. The quantitative estimate of drug-likeness (QED) is 0.770. The fourth-order valence-electron chi connectivity index (χ4n) is 1.85. The molecule has 0 amide bonds. The minimum absolute atomic E-state index is 0.0377. The summed E-state index contributed by atoms with van der Waals surface area (Å²) in [4.78, 5) is 19.0. The number of carboxylic acids is 1. The van der Waals surface area contributed by atoms with Gasteiger partial charge in [-0.25, -0.2) is 9.97 Å². The van der Waals surface area contributed by atoms with Gasteiger partial charge in [0, 0.05) is 17.8 Å². The van der Waals surface area contributed by atoms with Gasteiger partial charge in [-0.2, -0.15) is 0 Å². The van der Waals surface area contributed by atoms with Crippen molar-refractivity contribution < 1.29 is 9.90 Å². The van der Waals surface area contributed by atoms with Gasteiger partial charge in [0.05, 0.1) is 5.92 Å². The van der Waals surface area contributed by atoms with E-state index in [1.54, 1.807) is 6.08 Å². The molecular formula is C12H15N3O2. The minimum atomic E-state index is -0.775. The van der Waals surface area contributed by atoms with Crippen LogP contribution in [0.3, 0.4) is 0 Å². The van der Waals surface area contributed by atoms with E-state index < -0.39 is 5.97 Å². The van der Waals surface area contributed by atoms with Crippen LogP contribution in [-0.2, 0) is 11.2 Å². The lowest BCUT2D eigenvalue weighted by Crippen LogP contribution is -2.19. The van der Waals surface area contributed by atoms with Crippen LogP contribution in [-0.4, -0.2) is 27.1 Å². The van der Waals surface area contributed by atoms with E-state index in [1.807, 2.05) is 19.1 Å². The molecule has 0 spiro atoms. The summed E-state index contributed by atoms with van der Waals surface area (Å²) in [5, 5.41) is 12.1. The van der Waals surface area contributed by atoms with Crippen molar-refractivity contribution in [3.63, 3.8) is 0 Å². The molecule has 0 fully saturated rings. The molecule has 2 N–H and O–H groups in total. The van der Waals surface area contributed by atoms with E-state index in [1.165, 1.54) is 6.33 Å². The number of rotatable bonds is 4. The number of aryl methyl sites for hydroxylation is 1. The van der Waals surface area contributed by atoms with Gasteiger partial charge in [-0.05, 0) is 12.8 Å². The summed E-state index contributed by atoms with van der Waals surface area (Å²) in [6, 6.07) is 1.93. The van der Waals surface area contributed by atoms with Crippen molar-refractivity contribution in [3.05, 3.63) is 30.2 Å². The van der Waals surface area contributed by atoms with Crippen molar-refractivity contribution in [1.82, 2.24) is 9.97 Å². The van der Waals surface area contributed by atoms with E-state index in [-0.39, 0.29) is 12.0 Å². The van der Waals surface area contributed by atoms with E-state index in [9.17, 15) is 4.79 Å². The summed E-state index contributed by atoms with van der Waals surface area (Å²) < 4.78 is 0. The molecule has 2 unspecified atom stereocenters. The zero-order valence-corrected chi connectivity index (χ0v) is 9.63. The highest BCUT2D eigenvalue weighted by Gasteiger charge is 2.24. The number of anilines is 1. The van der Waals surface area contributed by atoms with E-state index in [0.29, 0.717) is 6.42 Å². The third-order valence-electron chi connectivity index (χ3n) is 2.82. The van der Waals surface area contributed by atoms with Gasteiger partial charge in [-0.1, -0.05) is 19.1 Å². The average molecular weight is 233 g/mol. The van der Waals surface area contributed by atoms with Gasteiger partial charge in [0.25, 0.3) is 0 Å². The molecule has 0 radical (unpaired) electrons. The van der Waals surface area contributed by atoms with Crippen molar-refractivity contribution >= 4 is 11.8 Å². The Morgan fingerprint density at radius 1 is 1.53 bits per heavy atom. The second-order valence-electron chi connectivity index (χ2n) is 4.06. The van der Waals surface area contributed by atoms with E-state index in [4.69, 9.17) is 5.11 Å². The molecule has 0 bridgehead atoms. The number of carbonyl (C=O) groups is 1. The number of aliphatic carboxylic acids is 1. The van der Waals surface area contributed by atoms with Gasteiger partial charge >= 0.3 is 5.97 Å². The maximum atomic E-state index is 10.8. The highest BCUT2D eigenvalue weighted by atomic mass is 16.4. The lowest BCUT2D eigenvalue weighted by Gasteiger charge is -2.12. The van der Waals surface area contributed by atoms with Crippen molar-refractivity contribution in [2.24, 2.45) is 5.92 Å². The lowest BCUT2D eigenvalue weighted by molar-refractivity contribution is -0.140. The second-order valence-corrected chi connectivity index (χ2v) is 4.06. The molecule has 5 nitrogen and oxygen atoms in total. The smallest absolute Gasteiger partial charge is 0.310 e. The molecule has 1 aliphatic rings. The first-order chi connectivity index (χ1) is 8.19. The Labute approximate surface area is 99.6 Å². The van der Waals surface area contributed by atoms with Gasteiger partial charge in [0.2, 0.25) is 0 Å². The van der Waals surface area contributed by atoms with Crippen LogP contribution in [0.15, 0.2) is 24.5 Å². The number of nitrogens with zero attached hydrogens (tertiary/aromatic N) is 2. The van der Waals surface area contributed by atoms with Crippen LogP contribution in [0.5, 0.6) is 0 Å². The Morgan fingerprint density at radius 2 is 2.35 bits per heavy atom. The third kappa shape index (κ3) is 2.81. The number of nitrogens with one attached hydrogen (secondary N) is 1. The Hall–Kier alpha value is -1.91. The predicted octanol–water partition coefficient (Wildman–Crippen LogP) is 1.48. The first-order valence-electron chi connectivity index (χ1n) is 5.67. The summed E-state index contributed by atoms with van der Waals surface area (Å²) in [6.07, 6.45) is 6.55. The fraction of sp³-hybridized carbons (Fsp3) is 0.417. The van der Waals surface area contributed by atoms with E-state index >= 15 is 0 Å². The summed E-state index contributed by atoms with van der Waals surface area (Å²) in [7, 11) is 0. The minimum Gasteiger partial charge on any atom is -0.481 e. The monoisotopic (exact) mass is 233 g/mol. The summed E-state index contributed by atoms with van der Waals surface area (Å²) in [5.41, 5.74) is 0.972. The predicted molar refractivity (Wildman–Crippen MR) is 63.7 cm³/mol. The van der Waals surface area contributed by atoms with Crippen LogP contribution in [0, 0.1) is 5.92 Å². The Bertz CT molecular complexity index is 445. The molecule has 0 saturated heterocycles. The molecule has 1 aliphatic carbocycles. The molecule has 1 aromatic heterocycles. The van der Waals surface area contributed by atoms with Gasteiger partial charge in [-0.3, -0.25) is 4.79 Å². The van der Waals surface area contributed by atoms with Crippen molar-refractivity contribution in [2.75, 3.05) is 5.32 Å². The summed E-state index contributed by atoms with van der Waals surface area (Å²) in [6.45, 7) is 2.03. The molecule has 0 saturated carbocycles. The lowest BCUT2D eigenvalue weighted by atomic mass is 10.1. The summed E-state index contributed by atoms with van der Waals surface area (Å²) >= 11 is 0. The molecule has 5 heteroatoms. The molecule has 0 aromatic carbocycles. The SMILES string of the molecule is CCc1cc(NC2C=CC(C(=O)O)C2)ncn1. The number of carboxylic acid groups (broad SMARTS) is 1. The largest absolute Gasteiger partial charge is 0.481 e. The molecule has 90 valence electrons. The zero-order valence-electron chi connectivity index (χ0n) is 9.63. The molecule has 2 rings (SSSR count). The maximum Gasteiger partial charge on any atom is 0.310 e. The number of aromatic nitrogens is 2. The first kappa shape index (κ1) is 11.6. The molecule has 0 aliphatic heterocycles. The summed E-state index contributed by atoms with van der Waals surface area (Å²) in [5.74, 6) is -0.417. The van der Waals surface area contributed by atoms with Crippen LogP contribution >= 0.6 is 0 Å². The molecule has 17 heavy (non-hydrogen) atoms. The number of hydrogen-bond donors (Lipinski definition) is 2. The number of hydrogen-bond acceptors (Lipinski definition) is 4. The molecule has 1 heterocycles. The Kier molecular flexibility index (Phi) is 3.37. The zero-order chi connectivity index (χ0) is 12.3. The Balaban J connectivity index is 1.98. The standard InChI is InChI=1S/C12H15N3O2/c1-2-9-6-11(14-7-13-9)15-10-4-3-8(5-10)12(16)17/h3-4,6-8,10H,2,5H2,1H3,(H,16,17)(H,13,14,15). The van der Waals surface area contributed by atoms with Crippen LogP contribution < -0.4 is 5.32 Å². The highest BCUT2D eigenvalue weighted by Crippen LogP contribution is 2.21. The molecule has 2 atom stereocenters. The van der Waals surface area contributed by atoms with E-state index in [0.717, 1.165) is 17.9 Å². The topological polar surface area (TPSA) is 75.1 Å². The fourth-order valence-corrected chi connectivity index (χ4v) is 1.85. The first-order valence-corrected chi connectivity index (χ1v) is 5.67. The maximum absolute atomic E-state index is 10.8. The van der Waals surface area contributed by atoms with Crippen molar-refractivity contribution in [2.45, 2.75) is 25.8 Å². The second kappa shape index (κ2) is 4.95. The van der Waals surface area contributed by atoms with Gasteiger partial charge in [-0.15, -0.1) is 0 Å². The van der Waals surface area contributed by atoms with Gasteiger partial charge in [0.1, 0.15) is 12.1 Å². The van der Waals surface area contributed by atoms with Gasteiger partial charge in [0.15, 0.2) is 0 Å². The average Bonchev–Trinajstić information content (AvgIpc) is 2.78.